The molecular weight excluding hydrogens is 300 g/mol. The summed E-state index contributed by atoms with van der Waals surface area (Å²) in [4.78, 5) is 12.2. The Morgan fingerprint density at radius 3 is 2.71 bits per heavy atom. The molecule has 0 aromatic carbocycles. The first-order chi connectivity index (χ1) is 11.4. The number of carbonyl (C=O) groups excluding carboxylic acids is 1. The van der Waals surface area contributed by atoms with Gasteiger partial charge in [0.25, 0.3) is 0 Å². The molecule has 0 aliphatic heterocycles. The van der Waals surface area contributed by atoms with Crippen LogP contribution in [0.1, 0.15) is 65.2 Å². The van der Waals surface area contributed by atoms with Crippen molar-refractivity contribution in [2.75, 3.05) is 6.61 Å². The van der Waals surface area contributed by atoms with Crippen molar-refractivity contribution in [3.63, 3.8) is 0 Å². The van der Waals surface area contributed by atoms with Crippen molar-refractivity contribution < 1.29 is 15.0 Å². The fourth-order valence-corrected chi connectivity index (χ4v) is 7.11. The molecule has 24 heavy (non-hydrogen) atoms. The molecule has 2 N–H and O–H groups in total. The molecule has 3 nitrogen and oxygen atoms in total. The Kier molecular flexibility index (Phi) is 3.96. The topological polar surface area (TPSA) is 57.5 Å². The van der Waals surface area contributed by atoms with Gasteiger partial charge in [0.1, 0.15) is 6.61 Å². The van der Waals surface area contributed by atoms with E-state index in [1.54, 1.807) is 0 Å². The highest BCUT2D eigenvalue weighted by Crippen LogP contribution is 2.63. The van der Waals surface area contributed by atoms with E-state index in [4.69, 9.17) is 0 Å². The lowest BCUT2D eigenvalue weighted by Crippen LogP contribution is -2.48. The van der Waals surface area contributed by atoms with E-state index in [1.165, 1.54) is 12.0 Å². The van der Waals surface area contributed by atoms with Gasteiger partial charge < -0.3 is 10.2 Å². The Morgan fingerprint density at radius 1 is 1.17 bits per heavy atom. The van der Waals surface area contributed by atoms with Crippen molar-refractivity contribution in [3.05, 3.63) is 11.6 Å². The Hall–Kier alpha value is -0.670. The number of ketones is 1. The first-order valence-corrected chi connectivity index (χ1v) is 9.90. The molecule has 4 aliphatic carbocycles. The van der Waals surface area contributed by atoms with Crippen molar-refractivity contribution in [2.24, 2.45) is 35.0 Å². The SMILES string of the molecule is C[C@@]1(O)CC[C@H]2C(=CCC3[C@@H]2CC[C@]2(C)[C@@H](C(=O)CO)CC[C@@H]32)C1. The molecule has 4 rings (SSSR count). The van der Waals surface area contributed by atoms with Crippen LogP contribution in [-0.4, -0.2) is 28.2 Å². The number of allylic oxidation sites excluding steroid dienone is 1. The molecule has 0 saturated heterocycles. The standard InChI is InChI=1S/C21H32O3/c1-20(24)9-7-14-13(11-20)3-4-16-15(14)8-10-21(2)17(16)5-6-18(21)19(23)12-22/h3,14-18,22,24H,4-12H2,1-2H3/t14-,15+,16?,17-,18+,20+,21-/m0/s1. The summed E-state index contributed by atoms with van der Waals surface area (Å²) < 4.78 is 0. The third kappa shape index (κ3) is 2.42. The molecule has 0 bridgehead atoms. The van der Waals surface area contributed by atoms with Crippen molar-refractivity contribution in [1.29, 1.82) is 0 Å². The maximum atomic E-state index is 12.2. The second-order valence-electron chi connectivity index (χ2n) is 9.57. The van der Waals surface area contributed by atoms with Gasteiger partial charge in [-0.1, -0.05) is 18.6 Å². The summed E-state index contributed by atoms with van der Waals surface area (Å²) in [7, 11) is 0. The molecule has 0 aromatic heterocycles. The average molecular weight is 332 g/mol. The zero-order chi connectivity index (χ0) is 17.1. The molecule has 3 fully saturated rings. The zero-order valence-corrected chi connectivity index (χ0v) is 15.1. The molecular formula is C21H32O3. The average Bonchev–Trinajstić information content (AvgIpc) is 2.90. The van der Waals surface area contributed by atoms with E-state index < -0.39 is 5.60 Å². The van der Waals surface area contributed by atoms with E-state index in [9.17, 15) is 15.0 Å². The van der Waals surface area contributed by atoms with Gasteiger partial charge in [-0.3, -0.25) is 4.79 Å². The van der Waals surface area contributed by atoms with E-state index in [1.807, 2.05) is 6.92 Å². The summed E-state index contributed by atoms with van der Waals surface area (Å²) in [5, 5.41) is 19.8. The van der Waals surface area contributed by atoms with Crippen molar-refractivity contribution in [1.82, 2.24) is 0 Å². The van der Waals surface area contributed by atoms with Crippen LogP contribution >= 0.6 is 0 Å². The van der Waals surface area contributed by atoms with Gasteiger partial charge in [0.15, 0.2) is 5.78 Å². The largest absolute Gasteiger partial charge is 0.390 e. The first kappa shape index (κ1) is 16.8. The highest BCUT2D eigenvalue weighted by atomic mass is 16.3. The summed E-state index contributed by atoms with van der Waals surface area (Å²) in [5.74, 6) is 2.91. The van der Waals surface area contributed by atoms with Crippen LogP contribution in [0.2, 0.25) is 0 Å². The maximum absolute atomic E-state index is 12.2. The molecule has 4 aliphatic rings. The van der Waals surface area contributed by atoms with Gasteiger partial charge in [-0.2, -0.15) is 0 Å². The third-order valence-corrected chi connectivity index (χ3v) is 8.26. The molecule has 0 radical (unpaired) electrons. The fourth-order valence-electron chi connectivity index (χ4n) is 7.11. The number of carbonyl (C=O) groups is 1. The first-order valence-electron chi connectivity index (χ1n) is 9.90. The van der Waals surface area contributed by atoms with E-state index >= 15 is 0 Å². The quantitative estimate of drug-likeness (QED) is 0.761. The van der Waals surface area contributed by atoms with Crippen molar-refractivity contribution in [3.8, 4) is 0 Å². The Balaban J connectivity index is 1.59. The number of Topliss-reactive ketones (excluding diaryl/α,β-unsaturated/α-hetero) is 1. The van der Waals surface area contributed by atoms with Crippen LogP contribution in [0, 0.1) is 35.0 Å². The Morgan fingerprint density at radius 2 is 1.96 bits per heavy atom. The number of hydrogen-bond donors (Lipinski definition) is 2. The molecule has 1 unspecified atom stereocenters. The number of fused-ring (bicyclic) bond motifs is 5. The number of hydrogen-bond acceptors (Lipinski definition) is 3. The second-order valence-corrected chi connectivity index (χ2v) is 9.57. The van der Waals surface area contributed by atoms with Crippen LogP contribution in [-0.2, 0) is 4.79 Å². The van der Waals surface area contributed by atoms with Crippen LogP contribution in [0.4, 0.5) is 0 Å². The lowest BCUT2D eigenvalue weighted by atomic mass is 9.51. The lowest BCUT2D eigenvalue weighted by Gasteiger charge is -2.54. The molecule has 0 amide bonds. The van der Waals surface area contributed by atoms with Crippen LogP contribution in [0.3, 0.4) is 0 Å². The van der Waals surface area contributed by atoms with E-state index in [0.717, 1.165) is 50.9 Å². The Labute approximate surface area is 145 Å². The molecule has 3 saturated carbocycles. The predicted molar refractivity (Wildman–Crippen MR) is 93.3 cm³/mol. The summed E-state index contributed by atoms with van der Waals surface area (Å²) in [6, 6.07) is 0. The van der Waals surface area contributed by atoms with Gasteiger partial charge >= 0.3 is 0 Å². The second kappa shape index (κ2) is 5.67. The van der Waals surface area contributed by atoms with Crippen LogP contribution in [0.25, 0.3) is 0 Å². The van der Waals surface area contributed by atoms with E-state index in [2.05, 4.69) is 13.0 Å². The monoisotopic (exact) mass is 332 g/mol. The maximum Gasteiger partial charge on any atom is 0.161 e. The molecule has 0 spiro atoms. The number of aliphatic hydroxyl groups excluding tert-OH is 1. The van der Waals surface area contributed by atoms with Crippen LogP contribution in [0.15, 0.2) is 11.6 Å². The third-order valence-electron chi connectivity index (χ3n) is 8.26. The van der Waals surface area contributed by atoms with Gasteiger partial charge in [0.2, 0.25) is 0 Å². The highest BCUT2D eigenvalue weighted by Gasteiger charge is 2.57. The van der Waals surface area contributed by atoms with E-state index in [-0.39, 0.29) is 23.7 Å². The number of rotatable bonds is 2. The van der Waals surface area contributed by atoms with Gasteiger partial charge in [-0.15, -0.1) is 0 Å². The van der Waals surface area contributed by atoms with Crippen molar-refractivity contribution >= 4 is 5.78 Å². The van der Waals surface area contributed by atoms with E-state index in [0.29, 0.717) is 17.8 Å². The minimum absolute atomic E-state index is 0.0687. The van der Waals surface area contributed by atoms with Gasteiger partial charge in [-0.25, -0.2) is 0 Å². The smallest absolute Gasteiger partial charge is 0.161 e. The molecule has 3 heteroatoms. The zero-order valence-electron chi connectivity index (χ0n) is 15.1. The van der Waals surface area contributed by atoms with Gasteiger partial charge in [0, 0.05) is 5.92 Å². The summed E-state index contributed by atoms with van der Waals surface area (Å²) in [6.45, 7) is 4.02. The summed E-state index contributed by atoms with van der Waals surface area (Å²) in [5.41, 5.74) is 1.11. The summed E-state index contributed by atoms with van der Waals surface area (Å²) >= 11 is 0. The predicted octanol–water partition coefficient (Wildman–Crippen LogP) is 3.49. The minimum atomic E-state index is -0.510. The molecule has 0 aromatic rings. The normalized spacial score (nSPS) is 50.5. The van der Waals surface area contributed by atoms with Crippen molar-refractivity contribution in [2.45, 2.75) is 70.8 Å². The van der Waals surface area contributed by atoms with Gasteiger partial charge in [0.05, 0.1) is 5.60 Å². The Bertz CT molecular complexity index is 563. The highest BCUT2D eigenvalue weighted by molar-refractivity contribution is 5.83. The fraction of sp³-hybridized carbons (Fsp3) is 0.857. The van der Waals surface area contributed by atoms with Crippen LogP contribution in [0.5, 0.6) is 0 Å². The number of aliphatic hydroxyl groups is 2. The molecule has 7 atom stereocenters. The molecule has 134 valence electrons. The molecule has 0 heterocycles. The summed E-state index contributed by atoms with van der Waals surface area (Å²) in [6.07, 6.45) is 11.0. The van der Waals surface area contributed by atoms with Crippen LogP contribution < -0.4 is 0 Å². The van der Waals surface area contributed by atoms with Gasteiger partial charge in [-0.05, 0) is 87.4 Å². The minimum Gasteiger partial charge on any atom is -0.390 e. The lowest BCUT2D eigenvalue weighted by molar-refractivity contribution is -0.131.